The predicted octanol–water partition coefficient (Wildman–Crippen LogP) is 3.35. The topological polar surface area (TPSA) is 38.4 Å². The van der Waals surface area contributed by atoms with E-state index in [1.165, 1.54) is 11.1 Å². The Bertz CT molecular complexity index is 249. The zero-order chi connectivity index (χ0) is 11.0. The van der Waals surface area contributed by atoms with Crippen LogP contribution in [0, 0.1) is 0 Å². The molecule has 15 heavy (non-hydrogen) atoms. The van der Waals surface area contributed by atoms with Crippen LogP contribution >= 0.6 is 25.0 Å². The Morgan fingerprint density at radius 2 is 1.87 bits per heavy atom. The monoisotopic (exact) mass is 248 g/mol. The van der Waals surface area contributed by atoms with E-state index in [4.69, 9.17) is 5.73 Å². The van der Waals surface area contributed by atoms with Crippen LogP contribution in [0.25, 0.3) is 0 Å². The number of rotatable bonds is 5. The lowest BCUT2D eigenvalue weighted by Gasteiger charge is -1.97. The first-order valence-corrected chi connectivity index (χ1v) is 5.25. The number of hydrogen-bond donors (Lipinski definition) is 2. The second-order valence-corrected chi connectivity index (χ2v) is 4.03. The Hall–Kier alpha value is -0.410. The van der Waals surface area contributed by atoms with Crippen LogP contribution in [0.2, 0.25) is 0 Å². The highest BCUT2D eigenvalue weighted by atomic mass is 35.5. The molecule has 0 aliphatic rings. The van der Waals surface area contributed by atoms with Gasteiger partial charge in [-0.3, -0.25) is 4.99 Å². The van der Waals surface area contributed by atoms with Gasteiger partial charge in [-0.1, -0.05) is 23.3 Å². The molecular formula is C11H21ClN2S. The largest absolute Gasteiger partial charge is 0.379 e. The lowest BCUT2D eigenvalue weighted by Crippen LogP contribution is -2.02. The van der Waals surface area contributed by atoms with Crippen LogP contribution in [0.3, 0.4) is 0 Å². The van der Waals surface area contributed by atoms with E-state index < -0.39 is 0 Å². The minimum atomic E-state index is 0. The molecule has 88 valence electrons. The molecule has 0 heterocycles. The summed E-state index contributed by atoms with van der Waals surface area (Å²) in [5.41, 5.74) is 8.01. The molecule has 0 aromatic carbocycles. The molecule has 0 bridgehead atoms. The van der Waals surface area contributed by atoms with E-state index in [-0.39, 0.29) is 12.4 Å². The number of nitrogens with two attached hydrogens (primary N) is 1. The van der Waals surface area contributed by atoms with Gasteiger partial charge in [0, 0.05) is 0 Å². The Balaban J connectivity index is 0. The summed E-state index contributed by atoms with van der Waals surface area (Å²) in [6.07, 6.45) is 6.52. The number of hydrogen-bond acceptors (Lipinski definition) is 1. The fraction of sp³-hybridized carbons (Fsp3) is 0.545. The van der Waals surface area contributed by atoms with Crippen LogP contribution in [-0.4, -0.2) is 11.7 Å². The Labute approximate surface area is 105 Å². The Morgan fingerprint density at radius 1 is 1.27 bits per heavy atom. The number of allylic oxidation sites excluding steroid dienone is 3. The maximum atomic E-state index is 5.29. The molecule has 0 amide bonds. The summed E-state index contributed by atoms with van der Waals surface area (Å²) in [4.78, 5) is 3.97. The van der Waals surface area contributed by atoms with E-state index in [9.17, 15) is 0 Å². The summed E-state index contributed by atoms with van der Waals surface area (Å²) in [6, 6.07) is 0. The van der Waals surface area contributed by atoms with E-state index in [1.54, 1.807) is 0 Å². The third-order valence-corrected chi connectivity index (χ3v) is 1.93. The second-order valence-electron chi connectivity index (χ2n) is 3.57. The van der Waals surface area contributed by atoms with Crippen LogP contribution in [0.1, 0.15) is 33.6 Å². The maximum Gasteiger partial charge on any atom is 0.151 e. The van der Waals surface area contributed by atoms with Gasteiger partial charge in [-0.25, -0.2) is 0 Å². The lowest BCUT2D eigenvalue weighted by atomic mass is 10.1. The molecule has 0 radical (unpaired) electrons. The molecule has 2 N–H and O–H groups in total. The molecule has 0 aromatic heterocycles. The van der Waals surface area contributed by atoms with Crippen molar-refractivity contribution in [3.8, 4) is 0 Å². The summed E-state index contributed by atoms with van der Waals surface area (Å²) < 4.78 is 0. The molecule has 0 fully saturated rings. The van der Waals surface area contributed by atoms with Crippen molar-refractivity contribution in [2.45, 2.75) is 33.6 Å². The van der Waals surface area contributed by atoms with Gasteiger partial charge in [-0.2, -0.15) is 0 Å². The normalized spacial score (nSPS) is 12.0. The molecule has 0 aliphatic carbocycles. The number of halogens is 1. The average Bonchev–Trinajstić information content (AvgIpc) is 2.02. The minimum Gasteiger partial charge on any atom is -0.379 e. The maximum absolute atomic E-state index is 5.29. The summed E-state index contributed by atoms with van der Waals surface area (Å²) >= 11 is 3.89. The molecule has 0 unspecified atom stereocenters. The summed E-state index contributed by atoms with van der Waals surface area (Å²) in [6.45, 7) is 6.98. The first-order valence-electron chi connectivity index (χ1n) is 4.80. The fourth-order valence-electron chi connectivity index (χ4n) is 0.986. The molecule has 0 aliphatic heterocycles. The van der Waals surface area contributed by atoms with Crippen LogP contribution in [-0.2, 0) is 0 Å². The van der Waals surface area contributed by atoms with E-state index in [2.05, 4.69) is 50.5 Å². The van der Waals surface area contributed by atoms with Gasteiger partial charge in [0.2, 0.25) is 0 Å². The van der Waals surface area contributed by atoms with Crippen LogP contribution in [0.5, 0.6) is 0 Å². The van der Waals surface area contributed by atoms with E-state index >= 15 is 0 Å². The fourth-order valence-corrected chi connectivity index (χ4v) is 1.07. The van der Waals surface area contributed by atoms with Gasteiger partial charge in [-0.15, -0.1) is 25.0 Å². The number of thiol groups is 1. The third-order valence-electron chi connectivity index (χ3n) is 1.78. The first kappa shape index (κ1) is 17.0. The summed E-state index contributed by atoms with van der Waals surface area (Å²) in [7, 11) is 0. The van der Waals surface area contributed by atoms with Crippen molar-refractivity contribution in [2.24, 2.45) is 10.7 Å². The van der Waals surface area contributed by atoms with Gasteiger partial charge >= 0.3 is 0 Å². The third kappa shape index (κ3) is 13.6. The highest BCUT2D eigenvalue weighted by Gasteiger charge is 1.88. The molecule has 0 saturated heterocycles. The van der Waals surface area contributed by atoms with E-state index in [0.29, 0.717) is 11.7 Å². The van der Waals surface area contributed by atoms with Gasteiger partial charge in [0.05, 0.1) is 6.54 Å². The smallest absolute Gasteiger partial charge is 0.151 e. The molecule has 0 saturated carbocycles. The highest BCUT2D eigenvalue weighted by Crippen LogP contribution is 2.06. The van der Waals surface area contributed by atoms with E-state index in [0.717, 1.165) is 12.8 Å². The molecule has 0 spiro atoms. The Morgan fingerprint density at radius 3 is 2.33 bits per heavy atom. The Kier molecular flexibility index (Phi) is 11.5. The van der Waals surface area contributed by atoms with Crippen LogP contribution in [0.15, 0.2) is 28.3 Å². The van der Waals surface area contributed by atoms with Crippen molar-refractivity contribution in [1.29, 1.82) is 0 Å². The van der Waals surface area contributed by atoms with Gasteiger partial charge in [0.1, 0.15) is 0 Å². The average molecular weight is 249 g/mol. The quantitative estimate of drug-likeness (QED) is 0.333. The molecule has 0 aromatic rings. The first-order chi connectivity index (χ1) is 6.52. The van der Waals surface area contributed by atoms with Crippen LogP contribution < -0.4 is 5.73 Å². The van der Waals surface area contributed by atoms with Crippen molar-refractivity contribution < 1.29 is 0 Å². The number of aliphatic imine (C=N–C) groups is 1. The van der Waals surface area contributed by atoms with Gasteiger partial charge in [-0.05, 0) is 33.6 Å². The SMILES string of the molecule is CC(C)=CCC/C(C)=C\CN=C(N)S.Cl. The van der Waals surface area contributed by atoms with Crippen molar-refractivity contribution in [2.75, 3.05) is 6.54 Å². The zero-order valence-electron chi connectivity index (χ0n) is 9.66. The summed E-state index contributed by atoms with van der Waals surface area (Å²) in [5, 5.41) is 0.346. The van der Waals surface area contributed by atoms with Gasteiger partial charge in [0.15, 0.2) is 5.17 Å². The predicted molar refractivity (Wildman–Crippen MR) is 75.1 cm³/mol. The second kappa shape index (κ2) is 10.1. The summed E-state index contributed by atoms with van der Waals surface area (Å²) in [5.74, 6) is 0. The van der Waals surface area contributed by atoms with Gasteiger partial charge in [0.25, 0.3) is 0 Å². The van der Waals surface area contributed by atoms with Crippen molar-refractivity contribution >= 4 is 30.2 Å². The highest BCUT2D eigenvalue weighted by molar-refractivity contribution is 7.96. The number of amidine groups is 1. The minimum absolute atomic E-state index is 0. The van der Waals surface area contributed by atoms with Crippen LogP contribution in [0.4, 0.5) is 0 Å². The molecule has 0 rings (SSSR count). The van der Waals surface area contributed by atoms with Gasteiger partial charge < -0.3 is 5.73 Å². The molecule has 2 nitrogen and oxygen atoms in total. The van der Waals surface area contributed by atoms with Crippen molar-refractivity contribution in [3.05, 3.63) is 23.3 Å². The lowest BCUT2D eigenvalue weighted by molar-refractivity contribution is 0.956. The molecule has 0 atom stereocenters. The van der Waals surface area contributed by atoms with Crippen molar-refractivity contribution in [1.82, 2.24) is 0 Å². The zero-order valence-corrected chi connectivity index (χ0v) is 11.4. The number of nitrogens with zero attached hydrogens (tertiary/aromatic N) is 1. The standard InChI is InChI=1S/C11H20N2S.ClH/c1-9(2)5-4-6-10(3)7-8-13-11(12)14;/h5,7H,4,6,8H2,1-3H3,(H3,12,13,14);1H/b10-7-;. The van der Waals surface area contributed by atoms with E-state index in [1.807, 2.05) is 0 Å². The van der Waals surface area contributed by atoms with Crippen molar-refractivity contribution in [3.63, 3.8) is 0 Å². The molecular weight excluding hydrogens is 228 g/mol. The molecule has 4 heteroatoms.